The van der Waals surface area contributed by atoms with Gasteiger partial charge in [0.1, 0.15) is 0 Å². The summed E-state index contributed by atoms with van der Waals surface area (Å²) in [5, 5.41) is 8.44. The van der Waals surface area contributed by atoms with E-state index in [9.17, 15) is 4.79 Å². The predicted octanol–water partition coefficient (Wildman–Crippen LogP) is 4.03. The minimum absolute atomic E-state index is 0.307. The van der Waals surface area contributed by atoms with Crippen LogP contribution in [0.3, 0.4) is 0 Å². The van der Waals surface area contributed by atoms with Crippen LogP contribution in [0.15, 0.2) is 0 Å². The number of hydrogen-bond acceptors (Lipinski definition) is 4. The lowest BCUT2D eigenvalue weighted by Crippen LogP contribution is -2.01. The summed E-state index contributed by atoms with van der Waals surface area (Å²) in [7, 11) is 0. The van der Waals surface area contributed by atoms with Gasteiger partial charge in [-0.3, -0.25) is 4.79 Å². The highest BCUT2D eigenvalue weighted by atomic mass is 32.2. The molecule has 0 aromatic rings. The van der Waals surface area contributed by atoms with E-state index in [0.29, 0.717) is 6.42 Å². The summed E-state index contributed by atoms with van der Waals surface area (Å²) in [4.78, 5) is 10.2. The highest BCUT2D eigenvalue weighted by molar-refractivity contribution is 8.16. The third kappa shape index (κ3) is 14.5. The van der Waals surface area contributed by atoms with Crippen LogP contribution < -0.4 is 0 Å². The number of rotatable bonds is 10. The number of hydrogen-bond donors (Lipinski definition) is 4. The van der Waals surface area contributed by atoms with Gasteiger partial charge in [-0.05, 0) is 12.8 Å². The van der Waals surface area contributed by atoms with E-state index in [-0.39, 0.29) is 0 Å². The molecule has 0 amide bonds. The van der Waals surface area contributed by atoms with Crippen molar-refractivity contribution in [2.75, 3.05) is 0 Å². The van der Waals surface area contributed by atoms with Crippen LogP contribution >= 0.6 is 37.9 Å². The molecule has 0 atom stereocenters. The molecule has 0 heterocycles. The molecule has 0 aliphatic rings. The summed E-state index contributed by atoms with van der Waals surface area (Å²) in [6.07, 6.45) is 8.87. The zero-order chi connectivity index (χ0) is 12.4. The molecule has 0 fully saturated rings. The van der Waals surface area contributed by atoms with Crippen LogP contribution in [0, 0.1) is 0 Å². The Morgan fingerprint density at radius 3 is 1.75 bits per heavy atom. The highest BCUT2D eigenvalue weighted by Gasteiger charge is 2.12. The molecule has 0 radical (unpaired) electrons. The van der Waals surface area contributed by atoms with Crippen LogP contribution in [0.25, 0.3) is 0 Å². The second kappa shape index (κ2) is 9.54. The van der Waals surface area contributed by atoms with Crippen molar-refractivity contribution < 1.29 is 9.90 Å². The number of carboxylic acids is 1. The number of carbonyl (C=O) groups is 1. The van der Waals surface area contributed by atoms with Gasteiger partial charge in [0.2, 0.25) is 0 Å². The van der Waals surface area contributed by atoms with Crippen molar-refractivity contribution in [1.29, 1.82) is 0 Å². The molecule has 2 nitrogen and oxygen atoms in total. The van der Waals surface area contributed by atoms with Gasteiger partial charge < -0.3 is 5.11 Å². The number of unbranched alkanes of at least 4 members (excludes halogenated alkanes) is 6. The van der Waals surface area contributed by atoms with E-state index in [1.54, 1.807) is 0 Å². The average Bonchev–Trinajstić information content (AvgIpc) is 2.13. The van der Waals surface area contributed by atoms with E-state index >= 15 is 0 Å². The normalized spacial score (nSPS) is 11.7. The summed E-state index contributed by atoms with van der Waals surface area (Å²) in [5.41, 5.74) is 0. The fourth-order valence-corrected chi connectivity index (χ4v) is 2.00. The van der Waals surface area contributed by atoms with E-state index in [1.807, 2.05) is 0 Å². The lowest BCUT2D eigenvalue weighted by molar-refractivity contribution is -0.137. The fraction of sp³-hybridized carbons (Fsp3) is 0.909. The summed E-state index contributed by atoms with van der Waals surface area (Å²) < 4.78 is -0.443. The highest BCUT2D eigenvalue weighted by Crippen LogP contribution is 2.30. The molecule has 0 aromatic carbocycles. The van der Waals surface area contributed by atoms with Crippen molar-refractivity contribution in [3.63, 3.8) is 0 Å². The molecule has 0 bridgehead atoms. The van der Waals surface area contributed by atoms with E-state index in [0.717, 1.165) is 32.1 Å². The Labute approximate surface area is 115 Å². The monoisotopic (exact) mass is 282 g/mol. The molecule has 0 saturated carbocycles. The molecule has 0 rings (SSSR count). The molecule has 0 unspecified atom stereocenters. The van der Waals surface area contributed by atoms with Gasteiger partial charge in [-0.2, -0.15) is 37.9 Å². The Kier molecular flexibility index (Phi) is 9.85. The van der Waals surface area contributed by atoms with Crippen LogP contribution in [0.5, 0.6) is 0 Å². The standard InChI is InChI=1S/C11H22O2S3/c12-10(13)8-6-4-2-1-3-5-7-9-11(14,15)16/h14-16H,1-9H2,(H,12,13). The maximum atomic E-state index is 10.2. The quantitative estimate of drug-likeness (QED) is 0.277. The van der Waals surface area contributed by atoms with Gasteiger partial charge in [0.25, 0.3) is 0 Å². The third-order valence-electron chi connectivity index (χ3n) is 2.40. The summed E-state index contributed by atoms with van der Waals surface area (Å²) in [5.74, 6) is -0.687. The van der Waals surface area contributed by atoms with Crippen LogP contribution in [-0.2, 0) is 4.79 Å². The topological polar surface area (TPSA) is 37.3 Å². The average molecular weight is 282 g/mol. The maximum Gasteiger partial charge on any atom is 0.303 e. The number of thiol groups is 3. The summed E-state index contributed by atoms with van der Waals surface area (Å²) >= 11 is 12.7. The van der Waals surface area contributed by atoms with E-state index in [2.05, 4.69) is 37.9 Å². The summed E-state index contributed by atoms with van der Waals surface area (Å²) in [6, 6.07) is 0. The molecular formula is C11H22O2S3. The molecule has 0 saturated heterocycles. The fourth-order valence-electron chi connectivity index (χ4n) is 1.52. The first-order valence-electron chi connectivity index (χ1n) is 5.81. The lowest BCUT2D eigenvalue weighted by Gasteiger charge is -2.14. The van der Waals surface area contributed by atoms with Crippen LogP contribution in [-0.4, -0.2) is 14.5 Å². The molecule has 0 aliphatic heterocycles. The first-order valence-corrected chi connectivity index (χ1v) is 7.15. The van der Waals surface area contributed by atoms with Gasteiger partial charge in [0, 0.05) is 6.42 Å². The molecule has 0 aromatic heterocycles. The molecular weight excluding hydrogens is 260 g/mol. The molecule has 5 heteroatoms. The van der Waals surface area contributed by atoms with Crippen molar-refractivity contribution in [3.8, 4) is 0 Å². The van der Waals surface area contributed by atoms with Gasteiger partial charge >= 0.3 is 5.97 Å². The van der Waals surface area contributed by atoms with Gasteiger partial charge in [-0.15, -0.1) is 0 Å². The zero-order valence-corrected chi connectivity index (χ0v) is 12.2. The van der Waals surface area contributed by atoms with E-state index in [4.69, 9.17) is 5.11 Å². The summed E-state index contributed by atoms with van der Waals surface area (Å²) in [6.45, 7) is 0. The van der Waals surface area contributed by atoms with Crippen LogP contribution in [0.4, 0.5) is 0 Å². The number of carboxylic acid groups (broad SMARTS) is 1. The third-order valence-corrected chi connectivity index (χ3v) is 3.07. The van der Waals surface area contributed by atoms with Crippen molar-refractivity contribution in [2.45, 2.75) is 61.2 Å². The second-order valence-corrected chi connectivity index (χ2v) is 7.49. The minimum atomic E-state index is -0.687. The Hall–Kier alpha value is 0.520. The largest absolute Gasteiger partial charge is 0.481 e. The maximum absolute atomic E-state index is 10.2. The van der Waals surface area contributed by atoms with Gasteiger partial charge in [0.15, 0.2) is 0 Å². The molecule has 96 valence electrons. The SMILES string of the molecule is O=C(O)CCCCCCCCCC(S)(S)S. The van der Waals surface area contributed by atoms with Crippen LogP contribution in [0.2, 0.25) is 0 Å². The molecule has 0 aliphatic carbocycles. The molecule has 1 N–H and O–H groups in total. The number of aliphatic carboxylic acids is 1. The Bertz CT molecular complexity index is 190. The first kappa shape index (κ1) is 16.5. The van der Waals surface area contributed by atoms with Crippen molar-refractivity contribution in [3.05, 3.63) is 0 Å². The van der Waals surface area contributed by atoms with E-state index in [1.165, 1.54) is 19.3 Å². The van der Waals surface area contributed by atoms with Crippen LogP contribution in [0.1, 0.15) is 57.8 Å². The molecule has 16 heavy (non-hydrogen) atoms. The molecule has 0 spiro atoms. The first-order chi connectivity index (χ1) is 7.42. The van der Waals surface area contributed by atoms with Gasteiger partial charge in [-0.25, -0.2) is 0 Å². The second-order valence-electron chi connectivity index (χ2n) is 4.14. The Morgan fingerprint density at radius 1 is 0.875 bits per heavy atom. The lowest BCUT2D eigenvalue weighted by atomic mass is 10.1. The zero-order valence-electron chi connectivity index (χ0n) is 9.56. The van der Waals surface area contributed by atoms with Crippen molar-refractivity contribution in [2.24, 2.45) is 0 Å². The Balaban J connectivity index is 3.07. The van der Waals surface area contributed by atoms with Crippen molar-refractivity contribution in [1.82, 2.24) is 0 Å². The van der Waals surface area contributed by atoms with Gasteiger partial charge in [0.05, 0.1) is 3.41 Å². The van der Waals surface area contributed by atoms with E-state index < -0.39 is 9.38 Å². The minimum Gasteiger partial charge on any atom is -0.481 e. The predicted molar refractivity (Wildman–Crippen MR) is 78.9 cm³/mol. The smallest absolute Gasteiger partial charge is 0.303 e. The van der Waals surface area contributed by atoms with Crippen molar-refractivity contribution >= 4 is 43.9 Å². The Morgan fingerprint density at radius 2 is 1.31 bits per heavy atom. The van der Waals surface area contributed by atoms with Gasteiger partial charge in [-0.1, -0.05) is 38.5 Å².